The normalized spacial score (nSPS) is 32.0. The molecule has 3 saturated heterocycles. The lowest BCUT2D eigenvalue weighted by atomic mass is 9.88. The number of aliphatic carboxylic acids is 1. The van der Waals surface area contributed by atoms with Crippen LogP contribution in [0, 0.1) is 5.82 Å². The van der Waals surface area contributed by atoms with Crippen LogP contribution in [0.5, 0.6) is 11.5 Å². The van der Waals surface area contributed by atoms with E-state index < -0.39 is 17.9 Å². The average molecular weight is 599 g/mol. The Morgan fingerprint density at radius 2 is 2.10 bits per heavy atom. The van der Waals surface area contributed by atoms with Crippen molar-refractivity contribution in [1.29, 1.82) is 0 Å². The highest BCUT2D eigenvalue weighted by Crippen LogP contribution is 2.47. The summed E-state index contributed by atoms with van der Waals surface area (Å²) in [5, 5.41) is 9.82. The van der Waals surface area contributed by atoms with Gasteiger partial charge < -0.3 is 29.1 Å². The second-order valence-corrected chi connectivity index (χ2v) is 12.7. The molecule has 2 aromatic rings. The second-order valence-electron chi connectivity index (χ2n) is 11.1. The van der Waals surface area contributed by atoms with Crippen molar-refractivity contribution in [3.05, 3.63) is 63.8 Å². The lowest BCUT2D eigenvalue weighted by Gasteiger charge is -2.56. The summed E-state index contributed by atoms with van der Waals surface area (Å²) in [6.45, 7) is 4.02. The second kappa shape index (κ2) is 9.79. The fourth-order valence-corrected chi connectivity index (χ4v) is 8.21. The highest BCUT2D eigenvalue weighted by atomic mass is 35.5. The molecule has 0 bridgehead atoms. The Kier molecular flexibility index (Phi) is 6.14. The number of anilines is 1. The van der Waals surface area contributed by atoms with Crippen molar-refractivity contribution in [3.63, 3.8) is 0 Å². The van der Waals surface area contributed by atoms with Crippen LogP contribution in [-0.4, -0.2) is 95.7 Å². The van der Waals surface area contributed by atoms with Crippen molar-refractivity contribution >= 4 is 40.9 Å². The largest absolute Gasteiger partial charge is 0.485 e. The van der Waals surface area contributed by atoms with Gasteiger partial charge in [0.15, 0.2) is 17.6 Å². The van der Waals surface area contributed by atoms with E-state index in [0.717, 1.165) is 50.7 Å². The first-order valence-corrected chi connectivity index (χ1v) is 15.1. The number of ether oxygens (including phenoxy) is 3. The first-order chi connectivity index (χ1) is 19.9. The zero-order valence-electron chi connectivity index (χ0n) is 22.0. The van der Waals surface area contributed by atoms with Crippen molar-refractivity contribution in [3.8, 4) is 11.5 Å². The Morgan fingerprint density at radius 1 is 1.22 bits per heavy atom. The minimum atomic E-state index is -0.895. The maximum absolute atomic E-state index is 14.8. The lowest BCUT2D eigenvalue weighted by molar-refractivity contribution is -0.131. The van der Waals surface area contributed by atoms with Crippen LogP contribution in [0.25, 0.3) is 0 Å². The summed E-state index contributed by atoms with van der Waals surface area (Å²) in [6.07, 6.45) is 2.29. The minimum absolute atomic E-state index is 0.0478. The molecule has 2 aromatic carbocycles. The van der Waals surface area contributed by atoms with Gasteiger partial charge in [-0.05, 0) is 36.8 Å². The standard InChI is InChI=1S/C29H28ClFN4O5S/c30-15-4-5-16(17(31)10-15)23-14-39-22-3-1-2-18(27(22)40-23)33-7-8-34-13-25-32-28-19(11-24(41-28)29(36)37)35(25)26(20(34)12-33)21-6-9-38-21/h1-5,10-11,19-21,23,26,28H,6-9,12-14H2,(H,36,37)/t19?,20-,21+,23+,26?,28?/m1/s1. The Morgan fingerprint density at radius 3 is 2.88 bits per heavy atom. The Bertz CT molecular complexity index is 1490. The van der Waals surface area contributed by atoms with Crippen LogP contribution in [0.1, 0.15) is 18.1 Å². The molecule has 0 aliphatic carbocycles. The number of para-hydroxylation sites is 1. The van der Waals surface area contributed by atoms with E-state index in [1.807, 2.05) is 24.3 Å². The summed E-state index contributed by atoms with van der Waals surface area (Å²) in [6, 6.07) is 10.6. The third-order valence-electron chi connectivity index (χ3n) is 8.94. The van der Waals surface area contributed by atoms with E-state index in [4.69, 9.17) is 30.8 Å². The zero-order valence-corrected chi connectivity index (χ0v) is 23.6. The van der Waals surface area contributed by atoms with Crippen molar-refractivity contribution in [1.82, 2.24) is 9.80 Å². The molecular weight excluding hydrogens is 571 g/mol. The van der Waals surface area contributed by atoms with Crippen LogP contribution in [0.2, 0.25) is 5.02 Å². The van der Waals surface area contributed by atoms with Crippen molar-refractivity contribution < 1.29 is 28.5 Å². The highest BCUT2D eigenvalue weighted by Gasteiger charge is 2.54. The first-order valence-electron chi connectivity index (χ1n) is 13.9. The van der Waals surface area contributed by atoms with Gasteiger partial charge in [0.1, 0.15) is 23.6 Å². The van der Waals surface area contributed by atoms with E-state index in [-0.39, 0.29) is 36.2 Å². The number of rotatable bonds is 4. The van der Waals surface area contributed by atoms with E-state index in [1.165, 1.54) is 17.8 Å². The average Bonchev–Trinajstić information content (AvgIpc) is 3.49. The predicted molar refractivity (Wildman–Crippen MR) is 153 cm³/mol. The summed E-state index contributed by atoms with van der Waals surface area (Å²) >= 11 is 7.32. The number of nitrogens with zero attached hydrogens (tertiary/aromatic N) is 4. The summed E-state index contributed by atoms with van der Waals surface area (Å²) in [7, 11) is 0. The van der Waals surface area contributed by atoms with Crippen LogP contribution < -0.4 is 14.4 Å². The minimum Gasteiger partial charge on any atom is -0.485 e. The van der Waals surface area contributed by atoms with E-state index >= 15 is 0 Å². The van der Waals surface area contributed by atoms with E-state index in [1.54, 1.807) is 12.1 Å². The van der Waals surface area contributed by atoms with E-state index in [0.29, 0.717) is 27.0 Å². The summed E-state index contributed by atoms with van der Waals surface area (Å²) in [5.41, 5.74) is 1.32. The van der Waals surface area contributed by atoms with Crippen LogP contribution in [-0.2, 0) is 9.53 Å². The number of carboxylic acids is 1. The first kappa shape index (κ1) is 25.7. The number of piperazine rings is 2. The molecule has 0 radical (unpaired) electrons. The van der Waals surface area contributed by atoms with Crippen LogP contribution in [0.4, 0.5) is 10.1 Å². The number of fused-ring (bicyclic) bond motifs is 5. The molecular formula is C29H28ClFN4O5S. The molecule has 3 unspecified atom stereocenters. The van der Waals surface area contributed by atoms with Gasteiger partial charge in [-0.3, -0.25) is 9.89 Å². The highest BCUT2D eigenvalue weighted by molar-refractivity contribution is 8.04. The molecule has 0 aromatic heterocycles. The third kappa shape index (κ3) is 4.19. The summed E-state index contributed by atoms with van der Waals surface area (Å²) in [4.78, 5) is 24.2. The molecule has 214 valence electrons. The number of carboxylic acid groups (broad SMARTS) is 1. The Labute approximate surface area is 245 Å². The number of benzene rings is 2. The maximum atomic E-state index is 14.8. The fraction of sp³-hybridized carbons (Fsp3) is 0.448. The number of amidine groups is 1. The molecule has 6 atom stereocenters. The number of aliphatic imine (C=N–C) groups is 1. The van der Waals surface area contributed by atoms with E-state index in [9.17, 15) is 14.3 Å². The van der Waals surface area contributed by atoms with Gasteiger partial charge in [-0.2, -0.15) is 0 Å². The molecule has 9 nitrogen and oxygen atoms in total. The number of hydrogen-bond acceptors (Lipinski definition) is 9. The SMILES string of the molecule is O=C(O)C1=CC2C(N=C3CN4CCN(c5cccc6c5O[C@H](c5ccc(Cl)cc5F)CO6)C[C@@H]4C([C@@H]4CCO4)N32)S1. The van der Waals surface area contributed by atoms with Gasteiger partial charge in [-0.1, -0.05) is 35.5 Å². The lowest BCUT2D eigenvalue weighted by Crippen LogP contribution is -2.72. The van der Waals surface area contributed by atoms with Gasteiger partial charge in [-0.25, -0.2) is 9.18 Å². The van der Waals surface area contributed by atoms with Crippen LogP contribution >= 0.6 is 23.4 Å². The molecule has 8 rings (SSSR count). The molecule has 0 spiro atoms. The zero-order chi connectivity index (χ0) is 27.8. The molecule has 0 saturated carbocycles. The van der Waals surface area contributed by atoms with E-state index in [2.05, 4.69) is 14.7 Å². The van der Waals surface area contributed by atoms with Gasteiger partial charge in [-0.15, -0.1) is 0 Å². The number of carbonyl (C=O) groups is 1. The van der Waals surface area contributed by atoms with Crippen molar-refractivity contribution in [2.24, 2.45) is 4.99 Å². The fourth-order valence-electron chi connectivity index (χ4n) is 6.94. The molecule has 6 aliphatic heterocycles. The quantitative estimate of drug-likeness (QED) is 0.565. The molecule has 1 N–H and O–H groups in total. The maximum Gasteiger partial charge on any atom is 0.341 e. The smallest absolute Gasteiger partial charge is 0.341 e. The molecule has 12 heteroatoms. The number of halogens is 2. The number of thioether (sulfide) groups is 1. The number of hydrogen-bond donors (Lipinski definition) is 1. The van der Waals surface area contributed by atoms with Crippen LogP contribution in [0.3, 0.4) is 0 Å². The Hall–Kier alpha value is -2.99. The molecule has 6 heterocycles. The monoisotopic (exact) mass is 598 g/mol. The molecule has 0 amide bonds. The van der Waals surface area contributed by atoms with Gasteiger partial charge in [0, 0.05) is 36.8 Å². The third-order valence-corrected chi connectivity index (χ3v) is 10.4. The van der Waals surface area contributed by atoms with Crippen molar-refractivity contribution in [2.45, 2.75) is 42.1 Å². The van der Waals surface area contributed by atoms with Gasteiger partial charge in [0.2, 0.25) is 0 Å². The topological polar surface area (TPSA) is 87.1 Å². The molecule has 6 aliphatic rings. The summed E-state index contributed by atoms with van der Waals surface area (Å²) < 4.78 is 33.4. The predicted octanol–water partition coefficient (Wildman–Crippen LogP) is 3.78. The molecule has 41 heavy (non-hydrogen) atoms. The molecule has 3 fully saturated rings. The van der Waals surface area contributed by atoms with Crippen LogP contribution in [0.15, 0.2) is 52.4 Å². The van der Waals surface area contributed by atoms with Gasteiger partial charge in [0.25, 0.3) is 0 Å². The van der Waals surface area contributed by atoms with Crippen molar-refractivity contribution in [2.75, 3.05) is 44.3 Å². The van der Waals surface area contributed by atoms with Gasteiger partial charge >= 0.3 is 5.97 Å². The summed E-state index contributed by atoms with van der Waals surface area (Å²) in [5.74, 6) is 0.971. The van der Waals surface area contributed by atoms with Gasteiger partial charge in [0.05, 0.1) is 41.4 Å². The Balaban J connectivity index is 1.09.